The number of aryl methyl sites for hydroxylation is 8. The second-order valence-electron chi connectivity index (χ2n) is 34.6. The third-order valence-electron chi connectivity index (χ3n) is 27.4. The molecule has 130 heavy (non-hydrogen) atoms. The number of para-hydroxylation sites is 2. The Morgan fingerprint density at radius 2 is 0.500 bits per heavy atom. The van der Waals surface area contributed by atoms with Crippen molar-refractivity contribution in [3.63, 3.8) is 0 Å². The van der Waals surface area contributed by atoms with Crippen LogP contribution in [0.15, 0.2) is 97.1 Å². The molecule has 0 spiro atoms. The highest BCUT2D eigenvalue weighted by atomic mass is 16.6. The van der Waals surface area contributed by atoms with Gasteiger partial charge in [-0.05, 0) is 275 Å². The summed E-state index contributed by atoms with van der Waals surface area (Å²) in [6, 6.07) is 34.4. The van der Waals surface area contributed by atoms with E-state index >= 15 is 0 Å². The van der Waals surface area contributed by atoms with Gasteiger partial charge in [0.05, 0.1) is 121 Å². The van der Waals surface area contributed by atoms with Gasteiger partial charge in [0.25, 0.3) is 0 Å². The van der Waals surface area contributed by atoms with E-state index in [9.17, 15) is 10.2 Å². The van der Waals surface area contributed by atoms with Crippen LogP contribution in [-0.2, 0) is 96.0 Å². The number of H-pyrrole nitrogens is 4. The highest BCUT2D eigenvalue weighted by molar-refractivity contribution is 6.00. The summed E-state index contributed by atoms with van der Waals surface area (Å²) in [5.41, 5.74) is 44.9. The summed E-state index contributed by atoms with van der Waals surface area (Å²) in [6.07, 6.45) is 14.0. The van der Waals surface area contributed by atoms with Crippen LogP contribution in [0.25, 0.3) is 88.7 Å². The molecule has 0 fully saturated rings. The molecule has 0 amide bonds. The molecule has 10 aromatic rings. The number of aromatic nitrogens is 8. The van der Waals surface area contributed by atoms with E-state index < -0.39 is 0 Å². The SMILES string of the molecule is CCC1=C(CC)c2cc3[nH]c(c(C#Cc4cc5c6c(c4)Cc4cccc(c4O)Cc4cc(C#Cc7c8nc(cc9[nH]c(cc%10nc(cc%11[nH]c7c(CC)c%11CC)C(CC)=C%10CC)c(CC)c9CC)C(CC)=C8CC)cc(c4OCCOCCOCCOCCOCCO6)Cc4cccc(c4O)C5)c4nc(cc5[nH]c(cc1n2)c(CC)c5CC)C(CC)=C4CC)c(CC)c3CC. The maximum atomic E-state index is 13.4. The second kappa shape index (κ2) is 41.1. The van der Waals surface area contributed by atoms with Crippen molar-refractivity contribution in [3.05, 3.63) is 254 Å². The molecule has 6 aromatic heterocycles. The fourth-order valence-electron chi connectivity index (χ4n) is 21.3. The maximum absolute atomic E-state index is 13.4. The van der Waals surface area contributed by atoms with Crippen molar-refractivity contribution in [3.8, 4) is 46.7 Å². The lowest BCUT2D eigenvalue weighted by molar-refractivity contribution is -0.00706. The van der Waals surface area contributed by atoms with Crippen molar-refractivity contribution in [2.45, 2.75) is 239 Å². The van der Waals surface area contributed by atoms with E-state index in [0.29, 0.717) is 73.4 Å². The Balaban J connectivity index is 0.919. The van der Waals surface area contributed by atoms with Gasteiger partial charge in [0, 0.05) is 92.2 Å². The van der Waals surface area contributed by atoms with Crippen molar-refractivity contribution in [1.29, 1.82) is 0 Å². The quantitative estimate of drug-likeness (QED) is 0.0499. The van der Waals surface area contributed by atoms with Crippen LogP contribution in [-0.4, -0.2) is 116 Å². The predicted molar refractivity (Wildman–Crippen MR) is 533 cm³/mol. The van der Waals surface area contributed by atoms with Crippen molar-refractivity contribution >= 4 is 88.7 Å². The van der Waals surface area contributed by atoms with E-state index in [2.05, 4.69) is 215 Å². The molecule has 0 unspecified atom stereocenters. The second-order valence-corrected chi connectivity index (χ2v) is 34.6. The molecule has 11 heterocycles. The highest BCUT2D eigenvalue weighted by Gasteiger charge is 2.31. The average molecular weight is 1740 g/mol. The first-order valence-electron chi connectivity index (χ1n) is 48.6. The number of aromatic hydroxyl groups is 2. The molecule has 26 bridgehead atoms. The Kier molecular flexibility index (Phi) is 29.0. The van der Waals surface area contributed by atoms with Gasteiger partial charge >= 0.3 is 0 Å². The Morgan fingerprint density at radius 1 is 0.262 bits per heavy atom. The molecule has 0 radical (unpaired) electrons. The van der Waals surface area contributed by atoms with Crippen LogP contribution in [0.5, 0.6) is 23.0 Å². The normalized spacial score (nSPS) is 14.8. The lowest BCUT2D eigenvalue weighted by Crippen LogP contribution is -2.15. The summed E-state index contributed by atoms with van der Waals surface area (Å²) in [7, 11) is 0. The molecule has 6 aliphatic rings. The molecule has 6 N–H and O–H groups in total. The zero-order valence-electron chi connectivity index (χ0n) is 79.6. The smallest absolute Gasteiger partial charge is 0.126 e. The summed E-state index contributed by atoms with van der Waals surface area (Å²) in [5.74, 6) is 17.1. The van der Waals surface area contributed by atoms with Gasteiger partial charge in [-0.2, -0.15) is 0 Å². The molecular formula is C114H130N8O8. The first kappa shape index (κ1) is 91.5. The standard InChI is InChI=1S/C114H130N8O8/c1-17-77-81(21-5)99-63-103-85(25-9)89(29-13)107(119-103)93(108-90(30-14)86(26-10)104(120-108)64-100-82(22-6)78(18-2)96(116-100)61-95(77)115-99)41-39-67-53-73-57-69-35-33-37-71(111(69)123)59-75-55-68(56-76-60-72-38-34-36-70(112(72)124)58-74(54-67)113(73)129-51-49-127-47-45-125-43-44-126-46-48-128-50-52-130-114(75)76)40-42-94-109-91(31-15)87(27-11)105(121-109)65-101-83(23-7)79(19-3)97(117-101)62-98-80(20-4)84(24-8)102(118-98)66-106-88(28-12)92(32-16)110(94)122-106/h33-38,53-56,61-66,115,117,120,122-124H,17-32,43-52,57-60H2,1-16H3. The Bertz CT molecular complexity index is 6210. The third kappa shape index (κ3) is 18.0. The van der Waals surface area contributed by atoms with Crippen LogP contribution in [0.4, 0.5) is 0 Å². The molecule has 1 aliphatic carbocycles. The van der Waals surface area contributed by atoms with Gasteiger partial charge in [0.2, 0.25) is 0 Å². The number of phenolic OH excluding ortho intramolecular Hbond substituents is 2. The van der Waals surface area contributed by atoms with Gasteiger partial charge in [0.1, 0.15) is 36.2 Å². The zero-order valence-corrected chi connectivity index (χ0v) is 79.6. The Hall–Kier alpha value is -11.8. The van der Waals surface area contributed by atoms with Gasteiger partial charge in [0.15, 0.2) is 0 Å². The van der Waals surface area contributed by atoms with Crippen LogP contribution < -0.4 is 9.47 Å². The number of aromatic amines is 4. The van der Waals surface area contributed by atoms with E-state index in [-0.39, 0.29) is 63.6 Å². The monoisotopic (exact) mass is 1740 g/mol. The number of allylic oxidation sites excluding steroid dienone is 8. The van der Waals surface area contributed by atoms with E-state index in [1.807, 2.05) is 36.4 Å². The van der Waals surface area contributed by atoms with E-state index in [1.54, 1.807) is 0 Å². The molecule has 16 heteroatoms. The van der Waals surface area contributed by atoms with Crippen molar-refractivity contribution in [2.24, 2.45) is 0 Å². The zero-order chi connectivity index (χ0) is 91.0. The number of nitrogens with one attached hydrogen (secondary N) is 4. The largest absolute Gasteiger partial charge is 0.507 e. The van der Waals surface area contributed by atoms with Gasteiger partial charge in [-0.25, -0.2) is 19.9 Å². The molecule has 16 nitrogen and oxygen atoms in total. The number of hydrogen-bond donors (Lipinski definition) is 6. The van der Waals surface area contributed by atoms with Crippen molar-refractivity contribution < 1.29 is 38.6 Å². The van der Waals surface area contributed by atoms with Gasteiger partial charge in [-0.15, -0.1) is 0 Å². The molecule has 0 saturated carbocycles. The fraction of sp³-hybridized carbons (Fsp3) is 0.404. The van der Waals surface area contributed by atoms with Gasteiger partial charge in [-0.1, -0.05) is 171 Å². The maximum Gasteiger partial charge on any atom is 0.126 e. The van der Waals surface area contributed by atoms with Crippen LogP contribution in [0.1, 0.15) is 319 Å². The van der Waals surface area contributed by atoms with E-state index in [4.69, 9.17) is 48.4 Å². The summed E-state index contributed by atoms with van der Waals surface area (Å²) in [6.45, 7) is 39.2. The van der Waals surface area contributed by atoms with Crippen LogP contribution in [0, 0.1) is 23.7 Å². The number of ether oxygens (including phenoxy) is 6. The van der Waals surface area contributed by atoms with Gasteiger partial charge in [-0.3, -0.25) is 0 Å². The molecule has 5 aliphatic heterocycles. The number of rotatable bonds is 16. The number of hydrogen-bond acceptors (Lipinski definition) is 12. The first-order chi connectivity index (χ1) is 63.5. The van der Waals surface area contributed by atoms with Crippen molar-refractivity contribution in [1.82, 2.24) is 39.9 Å². The average Bonchev–Trinajstić information content (AvgIpc) is 1.53. The summed E-state index contributed by atoms with van der Waals surface area (Å²) in [5, 5.41) is 26.8. The minimum Gasteiger partial charge on any atom is -0.507 e. The molecule has 16 rings (SSSR count). The van der Waals surface area contributed by atoms with E-state index in [0.717, 1.165) is 237 Å². The van der Waals surface area contributed by atoms with Crippen molar-refractivity contribution in [2.75, 3.05) is 66.1 Å². The lowest BCUT2D eigenvalue weighted by Gasteiger charge is -2.21. The molecule has 0 saturated heterocycles. The van der Waals surface area contributed by atoms with Crippen LogP contribution in [0.2, 0.25) is 0 Å². The number of phenols is 2. The first-order valence-corrected chi connectivity index (χ1v) is 48.6. The van der Waals surface area contributed by atoms with Crippen LogP contribution >= 0.6 is 0 Å². The van der Waals surface area contributed by atoms with Gasteiger partial charge < -0.3 is 58.6 Å². The minimum atomic E-state index is 0.149. The molecule has 674 valence electrons. The minimum absolute atomic E-state index is 0.149. The predicted octanol–water partition coefficient (Wildman–Crippen LogP) is 25.1. The number of fused-ring (bicyclic) bond motifs is 18. The Morgan fingerprint density at radius 3 is 0.762 bits per heavy atom. The summed E-state index contributed by atoms with van der Waals surface area (Å²) in [4.78, 5) is 38.8. The summed E-state index contributed by atoms with van der Waals surface area (Å²) >= 11 is 0. The number of benzene rings is 4. The Labute approximate surface area is 768 Å². The third-order valence-corrected chi connectivity index (χ3v) is 27.4. The molecule has 0 atom stereocenters. The number of nitrogens with zero attached hydrogens (tertiary/aromatic N) is 4. The van der Waals surface area contributed by atoms with E-state index in [1.165, 1.54) is 89.1 Å². The topological polar surface area (TPSA) is 211 Å². The lowest BCUT2D eigenvalue weighted by atomic mass is 9.89. The summed E-state index contributed by atoms with van der Waals surface area (Å²) < 4.78 is 38.7. The van der Waals surface area contributed by atoms with Crippen LogP contribution in [0.3, 0.4) is 0 Å². The fourth-order valence-corrected chi connectivity index (χ4v) is 21.3. The molecule has 4 aromatic carbocycles. The highest BCUT2D eigenvalue weighted by Crippen LogP contribution is 2.46. The molecular weight excluding hydrogens is 1610 g/mol.